The highest BCUT2D eigenvalue weighted by atomic mass is 35.5. The molecule has 74 valence electrons. The van der Waals surface area contributed by atoms with Gasteiger partial charge in [-0.25, -0.2) is 0 Å². The maximum atomic E-state index is 8.65. The predicted molar refractivity (Wildman–Crippen MR) is 58.8 cm³/mol. The molecule has 0 fully saturated rings. The molecule has 0 heterocycles. The number of aromatic hydroxyl groups is 2. The molecule has 0 saturated carbocycles. The molecule has 0 aliphatic carbocycles. The molecule has 1 rings (SSSR count). The van der Waals surface area contributed by atoms with E-state index in [0.717, 1.165) is 0 Å². The summed E-state index contributed by atoms with van der Waals surface area (Å²) in [7, 11) is 0. The van der Waals surface area contributed by atoms with Crippen LogP contribution in [-0.4, -0.2) is 10.2 Å². The van der Waals surface area contributed by atoms with Gasteiger partial charge in [-0.2, -0.15) is 0 Å². The molecule has 0 aliphatic rings. The van der Waals surface area contributed by atoms with Gasteiger partial charge in [0.1, 0.15) is 11.5 Å². The van der Waals surface area contributed by atoms with Gasteiger partial charge in [0.25, 0.3) is 0 Å². The van der Waals surface area contributed by atoms with Crippen molar-refractivity contribution in [1.29, 1.82) is 0 Å². The Morgan fingerprint density at radius 1 is 0.583 bits per heavy atom. The van der Waals surface area contributed by atoms with E-state index in [9.17, 15) is 0 Å². The molecule has 1 aromatic carbocycles. The zero-order valence-electron chi connectivity index (χ0n) is 5.84. The molecular formula is C6H10Cl4O2. The summed E-state index contributed by atoms with van der Waals surface area (Å²) in [5.41, 5.74) is 0. The standard InChI is InChI=1S/C6H6O2.4ClH/c7-5-1-2-6(8)4-3-5;;;;/h1-4,7-8H;4*1H. The third-order valence-corrected chi connectivity index (χ3v) is 0.850. The number of benzene rings is 1. The molecule has 0 atom stereocenters. The van der Waals surface area contributed by atoms with E-state index < -0.39 is 0 Å². The van der Waals surface area contributed by atoms with Gasteiger partial charge in [0, 0.05) is 0 Å². The first-order chi connectivity index (χ1) is 3.79. The zero-order valence-corrected chi connectivity index (χ0v) is 9.10. The summed E-state index contributed by atoms with van der Waals surface area (Å²) < 4.78 is 0. The summed E-state index contributed by atoms with van der Waals surface area (Å²) in [4.78, 5) is 0. The Morgan fingerprint density at radius 3 is 0.917 bits per heavy atom. The molecular weight excluding hydrogens is 246 g/mol. The van der Waals surface area contributed by atoms with E-state index in [1.165, 1.54) is 24.3 Å². The van der Waals surface area contributed by atoms with Gasteiger partial charge in [0.15, 0.2) is 0 Å². The third-order valence-electron chi connectivity index (χ3n) is 0.850. The van der Waals surface area contributed by atoms with Crippen LogP contribution in [0.15, 0.2) is 24.3 Å². The van der Waals surface area contributed by atoms with Crippen molar-refractivity contribution in [2.75, 3.05) is 0 Å². The van der Waals surface area contributed by atoms with Gasteiger partial charge in [0.2, 0.25) is 0 Å². The minimum Gasteiger partial charge on any atom is -0.508 e. The van der Waals surface area contributed by atoms with Crippen molar-refractivity contribution < 1.29 is 10.2 Å². The Morgan fingerprint density at radius 2 is 0.750 bits per heavy atom. The van der Waals surface area contributed by atoms with Gasteiger partial charge in [-0.3, -0.25) is 0 Å². The molecule has 0 bridgehead atoms. The highest BCUT2D eigenvalue weighted by Crippen LogP contribution is 2.13. The summed E-state index contributed by atoms with van der Waals surface area (Å²) >= 11 is 0. The van der Waals surface area contributed by atoms with Crippen LogP contribution in [0.1, 0.15) is 0 Å². The Labute approximate surface area is 95.6 Å². The van der Waals surface area contributed by atoms with Crippen molar-refractivity contribution in [3.8, 4) is 11.5 Å². The van der Waals surface area contributed by atoms with Crippen molar-refractivity contribution in [1.82, 2.24) is 0 Å². The molecule has 2 nitrogen and oxygen atoms in total. The lowest BCUT2D eigenvalue weighted by Gasteiger charge is -1.88. The normalized spacial score (nSPS) is 6.00. The van der Waals surface area contributed by atoms with Gasteiger partial charge in [-0.1, -0.05) is 0 Å². The van der Waals surface area contributed by atoms with Gasteiger partial charge in [-0.05, 0) is 24.3 Å². The maximum absolute atomic E-state index is 8.65. The van der Waals surface area contributed by atoms with E-state index in [-0.39, 0.29) is 61.1 Å². The van der Waals surface area contributed by atoms with E-state index in [2.05, 4.69) is 0 Å². The Balaban J connectivity index is -0.0000000800. The maximum Gasteiger partial charge on any atom is 0.115 e. The quantitative estimate of drug-likeness (QED) is 0.700. The minimum atomic E-state index is 0. The first-order valence-corrected chi connectivity index (χ1v) is 2.27. The van der Waals surface area contributed by atoms with Crippen LogP contribution in [0.4, 0.5) is 0 Å². The van der Waals surface area contributed by atoms with Crippen LogP contribution in [0, 0.1) is 0 Å². The summed E-state index contributed by atoms with van der Waals surface area (Å²) in [6, 6.07) is 5.70. The number of rotatable bonds is 0. The van der Waals surface area contributed by atoms with Crippen molar-refractivity contribution in [3.05, 3.63) is 24.3 Å². The van der Waals surface area contributed by atoms with Crippen LogP contribution in [0.5, 0.6) is 11.5 Å². The molecule has 0 unspecified atom stereocenters. The summed E-state index contributed by atoms with van der Waals surface area (Å²) in [5, 5.41) is 17.3. The smallest absolute Gasteiger partial charge is 0.115 e. The fraction of sp³-hybridized carbons (Fsp3) is 0. The second kappa shape index (κ2) is 11.0. The van der Waals surface area contributed by atoms with E-state index in [1.807, 2.05) is 0 Å². The van der Waals surface area contributed by atoms with Crippen molar-refractivity contribution in [3.63, 3.8) is 0 Å². The molecule has 0 amide bonds. The molecule has 6 heteroatoms. The summed E-state index contributed by atoms with van der Waals surface area (Å²) in [6.45, 7) is 0. The van der Waals surface area contributed by atoms with Crippen LogP contribution >= 0.6 is 49.6 Å². The topological polar surface area (TPSA) is 40.5 Å². The number of halogens is 4. The van der Waals surface area contributed by atoms with Crippen LogP contribution in [0.25, 0.3) is 0 Å². The second-order valence-corrected chi connectivity index (χ2v) is 1.52. The van der Waals surface area contributed by atoms with Crippen LogP contribution in [0.3, 0.4) is 0 Å². The molecule has 0 saturated heterocycles. The Kier molecular flexibility index (Phi) is 20.8. The van der Waals surface area contributed by atoms with Crippen LogP contribution in [0.2, 0.25) is 0 Å². The van der Waals surface area contributed by atoms with E-state index in [0.29, 0.717) is 0 Å². The van der Waals surface area contributed by atoms with Gasteiger partial charge in [0.05, 0.1) is 0 Å². The van der Waals surface area contributed by atoms with E-state index in [1.54, 1.807) is 0 Å². The van der Waals surface area contributed by atoms with Gasteiger partial charge in [-0.15, -0.1) is 49.6 Å². The number of hydrogen-bond donors (Lipinski definition) is 2. The van der Waals surface area contributed by atoms with Crippen LogP contribution in [-0.2, 0) is 0 Å². The second-order valence-electron chi connectivity index (χ2n) is 1.52. The van der Waals surface area contributed by atoms with Crippen molar-refractivity contribution in [2.45, 2.75) is 0 Å². The van der Waals surface area contributed by atoms with Crippen molar-refractivity contribution >= 4 is 49.6 Å². The number of phenolic OH excluding ortho intramolecular Hbond substituents is 2. The first kappa shape index (κ1) is 22.7. The predicted octanol–water partition coefficient (Wildman–Crippen LogP) is 2.79. The van der Waals surface area contributed by atoms with Gasteiger partial charge >= 0.3 is 0 Å². The molecule has 2 N–H and O–H groups in total. The molecule has 0 aliphatic heterocycles. The molecule has 0 radical (unpaired) electrons. The monoisotopic (exact) mass is 254 g/mol. The Hall–Kier alpha value is -0.0200. The SMILES string of the molecule is Cl.Cl.Cl.Cl.Oc1ccc(O)cc1. The summed E-state index contributed by atoms with van der Waals surface area (Å²) in [5.74, 6) is 0.339. The van der Waals surface area contributed by atoms with Gasteiger partial charge < -0.3 is 10.2 Å². The molecule has 0 aromatic heterocycles. The lowest BCUT2D eigenvalue weighted by molar-refractivity contribution is 0.460. The largest absolute Gasteiger partial charge is 0.508 e. The van der Waals surface area contributed by atoms with E-state index in [4.69, 9.17) is 10.2 Å². The highest BCUT2D eigenvalue weighted by molar-refractivity contribution is 5.86. The molecule has 0 spiro atoms. The number of phenols is 2. The molecule has 12 heavy (non-hydrogen) atoms. The lowest BCUT2D eigenvalue weighted by atomic mass is 10.3. The average Bonchev–Trinajstić information content (AvgIpc) is 1.77. The zero-order chi connectivity index (χ0) is 5.98. The van der Waals surface area contributed by atoms with Crippen molar-refractivity contribution in [2.24, 2.45) is 0 Å². The summed E-state index contributed by atoms with van der Waals surface area (Å²) in [6.07, 6.45) is 0. The molecule has 1 aromatic rings. The highest BCUT2D eigenvalue weighted by Gasteiger charge is 1.84. The average molecular weight is 256 g/mol. The fourth-order valence-electron chi connectivity index (χ4n) is 0.453. The first-order valence-electron chi connectivity index (χ1n) is 2.27. The number of hydrogen-bond acceptors (Lipinski definition) is 2. The minimum absolute atomic E-state index is 0. The lowest BCUT2D eigenvalue weighted by Crippen LogP contribution is -1.61. The third kappa shape index (κ3) is 8.08. The van der Waals surface area contributed by atoms with E-state index >= 15 is 0 Å². The Bertz CT molecular complexity index is 156. The van der Waals surface area contributed by atoms with Crippen LogP contribution < -0.4 is 0 Å². The fourth-order valence-corrected chi connectivity index (χ4v) is 0.453.